The van der Waals surface area contributed by atoms with Crippen molar-refractivity contribution in [3.8, 4) is 0 Å². The van der Waals surface area contributed by atoms with Gasteiger partial charge in [0.25, 0.3) is 10.0 Å². The summed E-state index contributed by atoms with van der Waals surface area (Å²) in [5, 5.41) is 14.9. The molecule has 0 bridgehead atoms. The summed E-state index contributed by atoms with van der Waals surface area (Å²) in [5.41, 5.74) is 1.18. The molecule has 7 nitrogen and oxygen atoms in total. The predicted molar refractivity (Wildman–Crippen MR) is 94.2 cm³/mol. The Balaban J connectivity index is 2.88. The third-order valence-corrected chi connectivity index (χ3v) is 4.95. The lowest BCUT2D eigenvalue weighted by atomic mass is 10.1. The molecule has 0 aliphatic carbocycles. The summed E-state index contributed by atoms with van der Waals surface area (Å²) in [7, 11) is -3.83. The van der Waals surface area contributed by atoms with E-state index in [1.165, 1.54) is 19.1 Å². The van der Waals surface area contributed by atoms with Gasteiger partial charge in [0.2, 0.25) is 6.04 Å². The van der Waals surface area contributed by atoms with Crippen molar-refractivity contribution in [1.29, 1.82) is 0 Å². The van der Waals surface area contributed by atoms with Crippen molar-refractivity contribution >= 4 is 15.7 Å². The predicted octanol–water partition coefficient (Wildman–Crippen LogP) is 3.26. The van der Waals surface area contributed by atoms with Gasteiger partial charge in [-0.2, -0.15) is 18.4 Å². The van der Waals surface area contributed by atoms with E-state index in [0.717, 1.165) is 31.2 Å². The van der Waals surface area contributed by atoms with E-state index < -0.39 is 21.0 Å². The number of nitro groups is 1. The van der Waals surface area contributed by atoms with Gasteiger partial charge in [0.15, 0.2) is 0 Å². The second-order valence-corrected chi connectivity index (χ2v) is 7.44. The number of aryl methyl sites for hydroxylation is 1. The first-order valence-corrected chi connectivity index (χ1v) is 9.54. The first-order valence-electron chi connectivity index (χ1n) is 8.06. The van der Waals surface area contributed by atoms with Crippen LogP contribution in [0.25, 0.3) is 0 Å². The monoisotopic (exact) mass is 355 g/mol. The Morgan fingerprint density at radius 1 is 1.25 bits per heavy atom. The molecule has 1 aromatic rings. The number of rotatable bonds is 10. The standard InChI is InChI=1S/C16H25N3O4S/c1-4-5-6-7-8-16(14(3)19(20)21)17-18-24(22,23)15-11-9-13(2)10-12-15/h9-12,14,18H,4-8H2,1-3H3/b17-16+. The summed E-state index contributed by atoms with van der Waals surface area (Å²) in [6, 6.07) is 5.30. The van der Waals surface area contributed by atoms with Gasteiger partial charge < -0.3 is 0 Å². The summed E-state index contributed by atoms with van der Waals surface area (Å²) < 4.78 is 24.5. The fraction of sp³-hybridized carbons (Fsp3) is 0.562. The minimum Gasteiger partial charge on any atom is -0.264 e. The zero-order valence-corrected chi connectivity index (χ0v) is 15.2. The topological polar surface area (TPSA) is 102 Å². The number of hydrazone groups is 1. The zero-order valence-electron chi connectivity index (χ0n) is 14.4. The molecule has 0 aromatic heterocycles. The van der Waals surface area contributed by atoms with Gasteiger partial charge in [0.1, 0.15) is 5.71 Å². The normalized spacial score (nSPS) is 13.5. The van der Waals surface area contributed by atoms with Crippen LogP contribution >= 0.6 is 0 Å². The van der Waals surface area contributed by atoms with E-state index in [-0.39, 0.29) is 10.6 Å². The molecule has 0 saturated heterocycles. The molecule has 134 valence electrons. The third-order valence-electron chi connectivity index (χ3n) is 3.73. The van der Waals surface area contributed by atoms with Crippen molar-refractivity contribution in [3.05, 3.63) is 39.9 Å². The largest absolute Gasteiger partial charge is 0.276 e. The van der Waals surface area contributed by atoms with Crippen LogP contribution in [0, 0.1) is 17.0 Å². The van der Waals surface area contributed by atoms with Gasteiger partial charge in [-0.05, 0) is 31.9 Å². The highest BCUT2D eigenvalue weighted by atomic mass is 32.2. The molecule has 0 saturated carbocycles. The van der Waals surface area contributed by atoms with Crippen molar-refractivity contribution in [1.82, 2.24) is 4.83 Å². The molecular weight excluding hydrogens is 330 g/mol. The SMILES string of the molecule is CCCCCC/C(=N\NS(=O)(=O)c1ccc(C)cc1)C(C)[N+](=O)[O-]. The van der Waals surface area contributed by atoms with Crippen LogP contribution < -0.4 is 4.83 Å². The Hall–Kier alpha value is -1.96. The second kappa shape index (κ2) is 9.36. The van der Waals surface area contributed by atoms with E-state index in [1.807, 2.05) is 6.92 Å². The molecule has 1 N–H and O–H groups in total. The molecule has 24 heavy (non-hydrogen) atoms. The van der Waals surface area contributed by atoms with Crippen LogP contribution in [0.3, 0.4) is 0 Å². The summed E-state index contributed by atoms with van der Waals surface area (Å²) in [6.45, 7) is 5.35. The molecule has 0 radical (unpaired) electrons. The third kappa shape index (κ3) is 6.27. The van der Waals surface area contributed by atoms with Crippen LogP contribution in [0.5, 0.6) is 0 Å². The molecule has 0 fully saturated rings. The van der Waals surface area contributed by atoms with E-state index in [9.17, 15) is 18.5 Å². The number of hydrogen-bond donors (Lipinski definition) is 1. The molecular formula is C16H25N3O4S. The Morgan fingerprint density at radius 3 is 2.42 bits per heavy atom. The average molecular weight is 355 g/mol. The van der Waals surface area contributed by atoms with Gasteiger partial charge in [-0.25, -0.2) is 0 Å². The minimum absolute atomic E-state index is 0.0796. The Labute approximate surface area is 143 Å². The number of benzene rings is 1. The van der Waals surface area contributed by atoms with E-state index in [2.05, 4.69) is 16.9 Å². The van der Waals surface area contributed by atoms with Crippen molar-refractivity contribution < 1.29 is 13.3 Å². The number of unbranched alkanes of at least 4 members (excludes halogenated alkanes) is 3. The van der Waals surface area contributed by atoms with Gasteiger partial charge >= 0.3 is 0 Å². The van der Waals surface area contributed by atoms with Crippen LogP contribution in [0.1, 0.15) is 51.5 Å². The van der Waals surface area contributed by atoms with Crippen molar-refractivity contribution in [2.24, 2.45) is 5.10 Å². The first-order chi connectivity index (χ1) is 11.3. The molecule has 1 rings (SSSR count). The first kappa shape index (κ1) is 20.1. The maximum Gasteiger partial charge on any atom is 0.276 e. The quantitative estimate of drug-likeness (QED) is 0.301. The lowest BCUT2D eigenvalue weighted by Crippen LogP contribution is -2.30. The highest BCUT2D eigenvalue weighted by Crippen LogP contribution is 2.11. The summed E-state index contributed by atoms with van der Waals surface area (Å²) in [5.74, 6) is 0. The molecule has 0 amide bonds. The number of sulfonamides is 1. The van der Waals surface area contributed by atoms with Crippen molar-refractivity contribution in [3.63, 3.8) is 0 Å². The van der Waals surface area contributed by atoms with E-state index in [4.69, 9.17) is 0 Å². The molecule has 1 unspecified atom stereocenters. The Morgan fingerprint density at radius 2 is 1.88 bits per heavy atom. The van der Waals surface area contributed by atoms with Crippen LogP contribution in [0.2, 0.25) is 0 Å². The molecule has 8 heteroatoms. The summed E-state index contributed by atoms with van der Waals surface area (Å²) in [6.07, 6.45) is 4.17. The lowest BCUT2D eigenvalue weighted by molar-refractivity contribution is -0.498. The maximum absolute atomic E-state index is 12.2. The van der Waals surface area contributed by atoms with Crippen molar-refractivity contribution in [2.75, 3.05) is 0 Å². The Kier molecular flexibility index (Phi) is 7.84. The van der Waals surface area contributed by atoms with Gasteiger partial charge in [0.05, 0.1) is 4.90 Å². The summed E-state index contributed by atoms with van der Waals surface area (Å²) in [4.78, 5) is 12.8. The van der Waals surface area contributed by atoms with Gasteiger partial charge in [-0.3, -0.25) is 10.1 Å². The van der Waals surface area contributed by atoms with Crippen LogP contribution in [-0.4, -0.2) is 25.1 Å². The lowest BCUT2D eigenvalue weighted by Gasteiger charge is -2.10. The number of nitrogens with zero attached hydrogens (tertiary/aromatic N) is 2. The van der Waals surface area contributed by atoms with Crippen LogP contribution in [0.4, 0.5) is 0 Å². The Bertz CT molecular complexity index is 669. The van der Waals surface area contributed by atoms with E-state index in [0.29, 0.717) is 6.42 Å². The molecule has 0 spiro atoms. The van der Waals surface area contributed by atoms with Crippen LogP contribution in [0.15, 0.2) is 34.3 Å². The van der Waals surface area contributed by atoms with Crippen LogP contribution in [-0.2, 0) is 10.0 Å². The van der Waals surface area contributed by atoms with E-state index in [1.54, 1.807) is 12.1 Å². The van der Waals surface area contributed by atoms with Crippen molar-refractivity contribution in [2.45, 2.75) is 63.8 Å². The van der Waals surface area contributed by atoms with Gasteiger partial charge in [0, 0.05) is 11.8 Å². The smallest absolute Gasteiger partial charge is 0.264 e. The highest BCUT2D eigenvalue weighted by molar-refractivity contribution is 7.89. The summed E-state index contributed by atoms with van der Waals surface area (Å²) >= 11 is 0. The van der Waals surface area contributed by atoms with Gasteiger partial charge in [-0.15, -0.1) is 0 Å². The zero-order chi connectivity index (χ0) is 18.2. The molecule has 0 aliphatic rings. The fourth-order valence-corrected chi connectivity index (χ4v) is 2.94. The molecule has 1 aromatic carbocycles. The minimum atomic E-state index is -3.83. The molecule has 0 aliphatic heterocycles. The molecule has 0 heterocycles. The molecule has 1 atom stereocenters. The van der Waals surface area contributed by atoms with Gasteiger partial charge in [-0.1, -0.05) is 43.9 Å². The maximum atomic E-state index is 12.2. The number of nitrogens with one attached hydrogen (secondary N) is 1. The average Bonchev–Trinajstić information content (AvgIpc) is 2.54. The highest BCUT2D eigenvalue weighted by Gasteiger charge is 2.22. The van der Waals surface area contributed by atoms with E-state index >= 15 is 0 Å². The number of hydrogen-bond acceptors (Lipinski definition) is 5. The fourth-order valence-electron chi connectivity index (χ4n) is 2.10. The second-order valence-electron chi connectivity index (χ2n) is 5.78.